The standard InChI is InChI=1S/C18H15P.C16H15ClN2O.ClH/c1-4-10-16(11-5-1)19(17-12-6-2-7-13-17)18-14-8-3-9-15-18;1-2-15(11-4-3-5-14(19)8-11)20-16-9-13(17)7-6-12(16)10-18;/h1-15H;3-9,15H,2,19H2,1H3;1H. The molecular weight excluding hydrogens is 554 g/mol. The van der Waals surface area contributed by atoms with Crippen molar-refractivity contribution >= 4 is 53.5 Å². The molecule has 0 aliphatic heterocycles. The zero-order valence-electron chi connectivity index (χ0n) is 22.2. The fourth-order valence-corrected chi connectivity index (χ4v) is 6.63. The minimum absolute atomic E-state index is 0. The van der Waals surface area contributed by atoms with Gasteiger partial charge >= 0.3 is 0 Å². The number of nitrogens with two attached hydrogens (primary N) is 1. The van der Waals surface area contributed by atoms with Crippen molar-refractivity contribution in [2.45, 2.75) is 19.4 Å². The molecule has 0 bridgehead atoms. The highest BCUT2D eigenvalue weighted by Gasteiger charge is 2.16. The number of hydrogen-bond acceptors (Lipinski definition) is 3. The van der Waals surface area contributed by atoms with Gasteiger partial charge in [0.2, 0.25) is 0 Å². The van der Waals surface area contributed by atoms with Crippen LogP contribution in [0.5, 0.6) is 5.75 Å². The fourth-order valence-electron chi connectivity index (χ4n) is 4.16. The topological polar surface area (TPSA) is 59.0 Å². The van der Waals surface area contributed by atoms with Crippen LogP contribution < -0.4 is 26.4 Å². The number of anilines is 1. The van der Waals surface area contributed by atoms with Gasteiger partial charge < -0.3 is 10.5 Å². The summed E-state index contributed by atoms with van der Waals surface area (Å²) in [5.74, 6) is 0.495. The third kappa shape index (κ3) is 8.35. The molecule has 0 amide bonds. The molecule has 3 nitrogen and oxygen atoms in total. The molecule has 0 heterocycles. The first kappa shape index (κ1) is 30.7. The average molecular weight is 586 g/mol. The number of rotatable bonds is 7. The number of nitrogen functional groups attached to an aromatic ring is 1. The van der Waals surface area contributed by atoms with Crippen LogP contribution in [0.4, 0.5) is 5.69 Å². The van der Waals surface area contributed by atoms with Gasteiger partial charge in [0, 0.05) is 16.8 Å². The summed E-state index contributed by atoms with van der Waals surface area (Å²) < 4.78 is 5.95. The summed E-state index contributed by atoms with van der Waals surface area (Å²) in [7, 11) is -0.446. The van der Waals surface area contributed by atoms with Crippen LogP contribution in [0.15, 0.2) is 133 Å². The Morgan fingerprint density at radius 2 is 1.27 bits per heavy atom. The summed E-state index contributed by atoms with van der Waals surface area (Å²) in [5.41, 5.74) is 7.94. The molecule has 0 aliphatic rings. The normalized spacial score (nSPS) is 10.8. The van der Waals surface area contributed by atoms with Crippen molar-refractivity contribution in [3.8, 4) is 11.8 Å². The Morgan fingerprint density at radius 1 is 0.750 bits per heavy atom. The first-order valence-electron chi connectivity index (χ1n) is 12.8. The molecule has 0 fully saturated rings. The van der Waals surface area contributed by atoms with Gasteiger partial charge in [0.25, 0.3) is 0 Å². The van der Waals surface area contributed by atoms with E-state index in [2.05, 4.69) is 97.1 Å². The molecule has 0 saturated carbocycles. The smallest absolute Gasteiger partial charge is 0.139 e. The van der Waals surface area contributed by atoms with Gasteiger partial charge in [-0.15, -0.1) is 12.4 Å². The van der Waals surface area contributed by atoms with Gasteiger partial charge in [-0.25, -0.2) is 0 Å². The molecule has 0 aliphatic carbocycles. The summed E-state index contributed by atoms with van der Waals surface area (Å²) in [6.45, 7) is 2.02. The highest BCUT2D eigenvalue weighted by Crippen LogP contribution is 2.32. The predicted molar refractivity (Wildman–Crippen MR) is 173 cm³/mol. The molecule has 1 unspecified atom stereocenters. The molecule has 0 aromatic heterocycles. The van der Waals surface area contributed by atoms with Crippen molar-refractivity contribution in [1.29, 1.82) is 5.26 Å². The van der Waals surface area contributed by atoms with Crippen LogP contribution in [0, 0.1) is 11.3 Å². The Labute approximate surface area is 249 Å². The second-order valence-electron chi connectivity index (χ2n) is 8.78. The molecule has 5 rings (SSSR count). The molecule has 5 aromatic carbocycles. The lowest BCUT2D eigenvalue weighted by Crippen LogP contribution is -2.20. The quantitative estimate of drug-likeness (QED) is 0.155. The molecule has 202 valence electrons. The Hall–Kier alpha value is -3.80. The zero-order valence-corrected chi connectivity index (χ0v) is 24.6. The van der Waals surface area contributed by atoms with Crippen molar-refractivity contribution in [2.75, 3.05) is 5.73 Å². The Bertz CT molecular complexity index is 1420. The van der Waals surface area contributed by atoms with Crippen LogP contribution in [-0.2, 0) is 0 Å². The Kier molecular flexibility index (Phi) is 12.1. The Balaban J connectivity index is 0.000000215. The van der Waals surface area contributed by atoms with Crippen molar-refractivity contribution in [1.82, 2.24) is 0 Å². The molecule has 2 N–H and O–H groups in total. The summed E-state index contributed by atoms with van der Waals surface area (Å²) in [6, 6.07) is 47.0. The van der Waals surface area contributed by atoms with Gasteiger partial charge in [0.15, 0.2) is 0 Å². The molecular formula is C34H31Cl2N2OP. The second kappa shape index (κ2) is 15.7. The van der Waals surface area contributed by atoms with Crippen LogP contribution >= 0.6 is 31.9 Å². The number of nitrogens with zero attached hydrogens (tertiary/aromatic N) is 1. The maximum absolute atomic E-state index is 9.12. The molecule has 1 atom stereocenters. The highest BCUT2D eigenvalue weighted by molar-refractivity contribution is 7.79. The monoisotopic (exact) mass is 584 g/mol. The number of halogens is 2. The minimum atomic E-state index is -0.446. The summed E-state index contributed by atoms with van der Waals surface area (Å²) in [5, 5.41) is 13.9. The second-order valence-corrected chi connectivity index (χ2v) is 11.4. The van der Waals surface area contributed by atoms with Crippen molar-refractivity contribution < 1.29 is 4.74 Å². The lowest BCUT2D eigenvalue weighted by molar-refractivity contribution is 0.201. The molecule has 0 saturated heterocycles. The first-order valence-corrected chi connectivity index (χ1v) is 14.5. The van der Waals surface area contributed by atoms with Crippen molar-refractivity contribution in [3.63, 3.8) is 0 Å². The van der Waals surface area contributed by atoms with Gasteiger partial charge in [-0.1, -0.05) is 122 Å². The van der Waals surface area contributed by atoms with E-state index in [-0.39, 0.29) is 18.5 Å². The van der Waals surface area contributed by atoms with E-state index >= 15 is 0 Å². The maximum Gasteiger partial charge on any atom is 0.139 e. The first-order chi connectivity index (χ1) is 19.1. The van der Waals surface area contributed by atoms with E-state index in [0.29, 0.717) is 22.0 Å². The van der Waals surface area contributed by atoms with Gasteiger partial charge in [-0.3, -0.25) is 0 Å². The number of hydrogen-bond donors (Lipinski definition) is 1. The Morgan fingerprint density at radius 3 is 1.73 bits per heavy atom. The van der Waals surface area contributed by atoms with Crippen LogP contribution in [0.1, 0.15) is 30.6 Å². The maximum atomic E-state index is 9.12. The van der Waals surface area contributed by atoms with Crippen LogP contribution in [0.3, 0.4) is 0 Å². The van der Waals surface area contributed by atoms with Crippen molar-refractivity contribution in [2.24, 2.45) is 0 Å². The summed E-state index contributed by atoms with van der Waals surface area (Å²) in [4.78, 5) is 0. The van der Waals surface area contributed by atoms with E-state index in [1.54, 1.807) is 18.2 Å². The van der Waals surface area contributed by atoms with E-state index < -0.39 is 7.92 Å². The van der Waals surface area contributed by atoms with Crippen LogP contribution in [0.25, 0.3) is 0 Å². The number of benzene rings is 5. The van der Waals surface area contributed by atoms with E-state index in [1.165, 1.54) is 15.9 Å². The average Bonchev–Trinajstić information content (AvgIpc) is 2.98. The lowest BCUT2D eigenvalue weighted by Gasteiger charge is -2.19. The van der Waals surface area contributed by atoms with E-state index in [1.807, 2.05) is 31.2 Å². The number of ether oxygens (including phenoxy) is 1. The van der Waals surface area contributed by atoms with Crippen molar-refractivity contribution in [3.05, 3.63) is 150 Å². The molecule has 6 heteroatoms. The fraction of sp³-hybridized carbons (Fsp3) is 0.0882. The van der Waals surface area contributed by atoms with E-state index in [9.17, 15) is 0 Å². The van der Waals surface area contributed by atoms with E-state index in [0.717, 1.165) is 12.0 Å². The third-order valence-corrected chi connectivity index (χ3v) is 8.71. The SMILES string of the molecule is CCC(Oc1cc(Cl)ccc1C#N)c1cccc(N)c1.Cl.c1ccc(P(c2ccccc2)c2ccccc2)cc1. The molecule has 5 aromatic rings. The molecule has 40 heavy (non-hydrogen) atoms. The van der Waals surface area contributed by atoms with Gasteiger partial charge in [-0.2, -0.15) is 5.26 Å². The molecule has 0 spiro atoms. The van der Waals surface area contributed by atoms with Gasteiger partial charge in [-0.05, 0) is 60.1 Å². The summed E-state index contributed by atoms with van der Waals surface area (Å²) in [6.07, 6.45) is 0.602. The van der Waals surface area contributed by atoms with Crippen LogP contribution in [0.2, 0.25) is 5.02 Å². The highest BCUT2D eigenvalue weighted by atomic mass is 35.5. The van der Waals surface area contributed by atoms with Crippen LogP contribution in [-0.4, -0.2) is 0 Å². The number of nitriles is 1. The van der Waals surface area contributed by atoms with Gasteiger partial charge in [0.1, 0.15) is 17.9 Å². The van der Waals surface area contributed by atoms with Gasteiger partial charge in [0.05, 0.1) is 5.56 Å². The zero-order chi connectivity index (χ0) is 27.5. The third-order valence-electron chi connectivity index (χ3n) is 6.03. The summed E-state index contributed by atoms with van der Waals surface area (Å²) >= 11 is 5.96. The minimum Gasteiger partial charge on any atom is -0.484 e. The lowest BCUT2D eigenvalue weighted by atomic mass is 10.1. The largest absolute Gasteiger partial charge is 0.484 e. The van der Waals surface area contributed by atoms with E-state index in [4.69, 9.17) is 27.3 Å². The predicted octanol–water partition coefficient (Wildman–Crippen LogP) is 8.19. The molecule has 0 radical (unpaired) electrons.